The molecule has 0 saturated heterocycles. The van der Waals surface area contributed by atoms with Crippen molar-refractivity contribution < 1.29 is 4.79 Å². The molecule has 0 fully saturated rings. The number of rotatable bonds is 4. The number of anilines is 1. The number of para-hydroxylation sites is 1. The van der Waals surface area contributed by atoms with Crippen LogP contribution in [0.15, 0.2) is 60.7 Å². The predicted octanol–water partition coefficient (Wildman–Crippen LogP) is 4.21. The molecule has 0 aliphatic rings. The maximum atomic E-state index is 12.0. The van der Waals surface area contributed by atoms with Gasteiger partial charge in [-0.3, -0.25) is 4.79 Å². The number of amides is 1. The molecule has 0 aliphatic carbocycles. The summed E-state index contributed by atoms with van der Waals surface area (Å²) < 4.78 is 0. The molecule has 2 nitrogen and oxygen atoms in total. The van der Waals surface area contributed by atoms with Gasteiger partial charge in [0.15, 0.2) is 0 Å². The molecule has 0 aliphatic heterocycles. The lowest BCUT2D eigenvalue weighted by Crippen LogP contribution is -2.26. The fraction of sp³-hybridized carbons (Fsp3) is 0.133. The van der Waals surface area contributed by atoms with Crippen molar-refractivity contribution in [1.82, 2.24) is 0 Å². The van der Waals surface area contributed by atoms with Crippen LogP contribution < -0.4 is 5.32 Å². The summed E-state index contributed by atoms with van der Waals surface area (Å²) >= 11 is 12.3. The van der Waals surface area contributed by atoms with Gasteiger partial charge < -0.3 is 5.32 Å². The fourth-order valence-corrected chi connectivity index (χ4v) is 2.13. The minimum atomic E-state index is -0.829. The highest BCUT2D eigenvalue weighted by atomic mass is 35.5. The van der Waals surface area contributed by atoms with Gasteiger partial charge in [0.2, 0.25) is 5.91 Å². The number of nitrogens with one attached hydrogen (secondary N) is 1. The maximum Gasteiger partial charge on any atom is 0.244 e. The summed E-state index contributed by atoms with van der Waals surface area (Å²) in [6.45, 7) is 0. The Kier molecular flexibility index (Phi) is 4.83. The molecule has 0 bridgehead atoms. The summed E-state index contributed by atoms with van der Waals surface area (Å²) in [4.78, 5) is 12.0. The quantitative estimate of drug-likeness (QED) is 0.841. The van der Waals surface area contributed by atoms with E-state index in [9.17, 15) is 4.79 Å². The molecule has 2 rings (SSSR count). The Hall–Kier alpha value is -1.51. The second-order valence-electron chi connectivity index (χ2n) is 4.07. The minimum absolute atomic E-state index is 0.309. The molecule has 1 amide bonds. The molecule has 1 N–H and O–H groups in total. The third-order valence-corrected chi connectivity index (χ3v) is 3.75. The maximum absolute atomic E-state index is 12.0. The summed E-state index contributed by atoms with van der Waals surface area (Å²) in [5.74, 6) is -0.309. The number of carbonyl (C=O) groups is 1. The summed E-state index contributed by atoms with van der Waals surface area (Å²) in [6.07, 6.45) is 0. The first kappa shape index (κ1) is 13.9. The topological polar surface area (TPSA) is 29.1 Å². The van der Waals surface area contributed by atoms with Gasteiger partial charge in [0.1, 0.15) is 5.38 Å². The molecule has 0 aromatic heterocycles. The van der Waals surface area contributed by atoms with E-state index in [1.807, 2.05) is 48.5 Å². The number of hydrogen-bond donors (Lipinski definition) is 1. The Morgan fingerprint density at radius 2 is 1.42 bits per heavy atom. The molecule has 19 heavy (non-hydrogen) atoms. The Morgan fingerprint density at radius 1 is 0.895 bits per heavy atom. The van der Waals surface area contributed by atoms with E-state index in [0.717, 1.165) is 5.56 Å². The van der Waals surface area contributed by atoms with Crippen molar-refractivity contribution in [3.8, 4) is 0 Å². The van der Waals surface area contributed by atoms with E-state index >= 15 is 0 Å². The van der Waals surface area contributed by atoms with Crippen molar-refractivity contribution in [1.29, 1.82) is 0 Å². The normalized spacial score (nSPS) is 13.6. The van der Waals surface area contributed by atoms with Gasteiger partial charge in [-0.1, -0.05) is 48.5 Å². The van der Waals surface area contributed by atoms with Gasteiger partial charge in [-0.25, -0.2) is 0 Å². The average molecular weight is 294 g/mol. The molecule has 0 saturated carbocycles. The van der Waals surface area contributed by atoms with Crippen LogP contribution in [0.2, 0.25) is 0 Å². The summed E-state index contributed by atoms with van der Waals surface area (Å²) in [6, 6.07) is 18.5. The monoisotopic (exact) mass is 293 g/mol. The van der Waals surface area contributed by atoms with Crippen molar-refractivity contribution in [3.05, 3.63) is 66.2 Å². The van der Waals surface area contributed by atoms with Gasteiger partial charge >= 0.3 is 0 Å². The lowest BCUT2D eigenvalue weighted by molar-refractivity contribution is -0.115. The average Bonchev–Trinajstić information content (AvgIpc) is 2.47. The van der Waals surface area contributed by atoms with E-state index in [4.69, 9.17) is 23.2 Å². The number of carbonyl (C=O) groups excluding carboxylic acids is 1. The smallest absolute Gasteiger partial charge is 0.244 e. The zero-order valence-electron chi connectivity index (χ0n) is 10.1. The molecule has 2 atom stereocenters. The first-order valence-corrected chi connectivity index (χ1v) is 6.75. The van der Waals surface area contributed by atoms with Crippen molar-refractivity contribution in [2.45, 2.75) is 10.8 Å². The molecule has 0 unspecified atom stereocenters. The number of halogens is 2. The zero-order chi connectivity index (χ0) is 13.7. The fourth-order valence-electron chi connectivity index (χ4n) is 1.67. The lowest BCUT2D eigenvalue weighted by atomic mass is 10.1. The SMILES string of the molecule is O=C(Nc1ccccc1)[C@@H](Cl)[C@H](Cl)c1ccccc1. The van der Waals surface area contributed by atoms with Crippen molar-refractivity contribution in [3.63, 3.8) is 0 Å². The first-order valence-electron chi connectivity index (χ1n) is 5.87. The second-order valence-corrected chi connectivity index (χ2v) is 5.01. The zero-order valence-corrected chi connectivity index (χ0v) is 11.6. The van der Waals surface area contributed by atoms with Crippen LogP contribution in [0, 0.1) is 0 Å². The van der Waals surface area contributed by atoms with Crippen LogP contribution in [-0.2, 0) is 4.79 Å². The first-order chi connectivity index (χ1) is 9.18. The Labute approximate surface area is 122 Å². The standard InChI is InChI=1S/C15H13Cl2NO/c16-13(11-7-3-1-4-8-11)14(17)15(19)18-12-9-5-2-6-10-12/h1-10,13-14H,(H,18,19)/t13-,14+/m1/s1. The van der Waals surface area contributed by atoms with E-state index in [2.05, 4.69) is 5.32 Å². The van der Waals surface area contributed by atoms with Crippen molar-refractivity contribution in [2.75, 3.05) is 5.32 Å². The molecule has 0 heterocycles. The van der Waals surface area contributed by atoms with Crippen LogP contribution >= 0.6 is 23.2 Å². The highest BCUT2D eigenvalue weighted by molar-refractivity contribution is 6.38. The van der Waals surface area contributed by atoms with E-state index in [1.165, 1.54) is 0 Å². The molecular formula is C15H13Cl2NO. The van der Waals surface area contributed by atoms with Gasteiger partial charge in [-0.05, 0) is 17.7 Å². The lowest BCUT2D eigenvalue weighted by Gasteiger charge is -2.16. The highest BCUT2D eigenvalue weighted by Gasteiger charge is 2.25. The van der Waals surface area contributed by atoms with E-state index in [1.54, 1.807) is 12.1 Å². The van der Waals surface area contributed by atoms with Crippen molar-refractivity contribution in [2.24, 2.45) is 0 Å². The minimum Gasteiger partial charge on any atom is -0.325 e. The largest absolute Gasteiger partial charge is 0.325 e. The number of benzene rings is 2. The summed E-state index contributed by atoms with van der Waals surface area (Å²) in [5.41, 5.74) is 1.53. The molecule has 4 heteroatoms. The molecule has 0 spiro atoms. The second kappa shape index (κ2) is 6.60. The third kappa shape index (κ3) is 3.72. The molecular weight excluding hydrogens is 281 g/mol. The molecule has 0 radical (unpaired) electrons. The van der Waals surface area contributed by atoms with Crippen LogP contribution in [0.25, 0.3) is 0 Å². The van der Waals surface area contributed by atoms with Gasteiger partial charge in [0, 0.05) is 5.69 Å². The van der Waals surface area contributed by atoms with Gasteiger partial charge in [0.05, 0.1) is 5.38 Å². The molecule has 2 aromatic carbocycles. The number of hydrogen-bond acceptors (Lipinski definition) is 1. The molecule has 98 valence electrons. The van der Waals surface area contributed by atoms with E-state index in [0.29, 0.717) is 5.69 Å². The van der Waals surface area contributed by atoms with Crippen molar-refractivity contribution >= 4 is 34.8 Å². The number of alkyl halides is 2. The molecule has 2 aromatic rings. The Morgan fingerprint density at radius 3 is 2.00 bits per heavy atom. The van der Waals surface area contributed by atoms with Gasteiger partial charge in [0.25, 0.3) is 0 Å². The van der Waals surface area contributed by atoms with Crippen LogP contribution in [0.3, 0.4) is 0 Å². The van der Waals surface area contributed by atoms with Crippen LogP contribution in [0.5, 0.6) is 0 Å². The van der Waals surface area contributed by atoms with Gasteiger partial charge in [-0.2, -0.15) is 0 Å². The summed E-state index contributed by atoms with van der Waals surface area (Å²) in [7, 11) is 0. The van der Waals surface area contributed by atoms with E-state index < -0.39 is 10.8 Å². The third-order valence-electron chi connectivity index (χ3n) is 2.67. The van der Waals surface area contributed by atoms with Crippen LogP contribution in [-0.4, -0.2) is 11.3 Å². The van der Waals surface area contributed by atoms with Crippen LogP contribution in [0.1, 0.15) is 10.9 Å². The predicted molar refractivity (Wildman–Crippen MR) is 79.7 cm³/mol. The Bertz CT molecular complexity index is 530. The van der Waals surface area contributed by atoms with E-state index in [-0.39, 0.29) is 5.91 Å². The Balaban J connectivity index is 2.03. The van der Waals surface area contributed by atoms with Crippen LogP contribution in [0.4, 0.5) is 5.69 Å². The van der Waals surface area contributed by atoms with Gasteiger partial charge in [-0.15, -0.1) is 23.2 Å². The summed E-state index contributed by atoms with van der Waals surface area (Å²) in [5, 5.41) is 1.34. The highest BCUT2D eigenvalue weighted by Crippen LogP contribution is 2.28.